The van der Waals surface area contributed by atoms with E-state index in [1.54, 1.807) is 0 Å². The molecule has 2 aromatic carbocycles. The zero-order chi connectivity index (χ0) is 23.8. The van der Waals surface area contributed by atoms with Crippen LogP contribution in [0.25, 0.3) is 22.3 Å². The number of hydrogen-bond donors (Lipinski definition) is 3. The lowest BCUT2D eigenvalue weighted by atomic mass is 9.90. The van der Waals surface area contributed by atoms with Crippen LogP contribution in [-0.4, -0.2) is 26.6 Å². The highest BCUT2D eigenvalue weighted by Crippen LogP contribution is 2.41. The van der Waals surface area contributed by atoms with Crippen LogP contribution >= 0.6 is 0 Å². The van der Waals surface area contributed by atoms with E-state index in [9.17, 15) is 0 Å². The van der Waals surface area contributed by atoms with E-state index < -0.39 is 0 Å². The van der Waals surface area contributed by atoms with Crippen molar-refractivity contribution in [2.24, 2.45) is 12.0 Å². The minimum absolute atomic E-state index is 0.108. The Balaban J connectivity index is 1.33. The number of fused-ring (bicyclic) bond motifs is 5. The number of aryl methyl sites for hydroxylation is 1. The Labute approximate surface area is 209 Å². The zero-order valence-electron chi connectivity index (χ0n) is 19.9. The number of nitrogens with zero attached hydrogens (tertiary/aromatic N) is 4. The minimum Gasteiger partial charge on any atom is -0.354 e. The van der Waals surface area contributed by atoms with Crippen molar-refractivity contribution in [3.63, 3.8) is 0 Å². The van der Waals surface area contributed by atoms with Crippen LogP contribution < -0.4 is 16.0 Å². The first kappa shape index (κ1) is 20.2. The average molecular weight is 472 g/mol. The lowest BCUT2D eigenvalue weighted by Crippen LogP contribution is -2.22. The highest BCUT2D eigenvalue weighted by molar-refractivity contribution is 6.16. The van der Waals surface area contributed by atoms with Crippen LogP contribution in [-0.2, 0) is 26.6 Å². The second-order valence-corrected chi connectivity index (χ2v) is 9.93. The number of benzene rings is 2. The van der Waals surface area contributed by atoms with Gasteiger partial charge in [0.25, 0.3) is 0 Å². The van der Waals surface area contributed by atoms with Gasteiger partial charge in [0.1, 0.15) is 6.17 Å². The molecule has 36 heavy (non-hydrogen) atoms. The van der Waals surface area contributed by atoms with Gasteiger partial charge in [0.2, 0.25) is 0 Å². The van der Waals surface area contributed by atoms with Crippen molar-refractivity contribution in [1.29, 1.82) is 0 Å². The van der Waals surface area contributed by atoms with Gasteiger partial charge in [-0.2, -0.15) is 5.10 Å². The SMILES string of the molecule is Cn1ncc2c1CNCc1cccc(c1)-c1cccc3c1CC=C(N3)C1=NC3NC3c3ncc-2cc31. The Morgan fingerprint density at radius 3 is 2.86 bits per heavy atom. The number of aliphatic imine (C=N–C) groups is 1. The maximum Gasteiger partial charge on any atom is 0.122 e. The van der Waals surface area contributed by atoms with E-state index in [0.29, 0.717) is 6.54 Å². The van der Waals surface area contributed by atoms with Gasteiger partial charge in [-0.05, 0) is 46.9 Å². The fourth-order valence-corrected chi connectivity index (χ4v) is 5.79. The lowest BCUT2D eigenvalue weighted by Gasteiger charge is -2.25. The molecular formula is C29H25N7. The van der Waals surface area contributed by atoms with Crippen molar-refractivity contribution < 1.29 is 0 Å². The fourth-order valence-electron chi connectivity index (χ4n) is 5.79. The molecule has 7 nitrogen and oxygen atoms in total. The third-order valence-electron chi connectivity index (χ3n) is 7.74. The lowest BCUT2D eigenvalue weighted by molar-refractivity contribution is 0.627. The summed E-state index contributed by atoms with van der Waals surface area (Å²) >= 11 is 0. The van der Waals surface area contributed by atoms with Crippen molar-refractivity contribution in [1.82, 2.24) is 25.4 Å². The molecule has 5 aliphatic heterocycles. The molecule has 9 rings (SSSR count). The molecule has 3 N–H and O–H groups in total. The summed E-state index contributed by atoms with van der Waals surface area (Å²) < 4.78 is 1.96. The normalized spacial score (nSPS) is 20.9. The minimum atomic E-state index is 0.108. The summed E-state index contributed by atoms with van der Waals surface area (Å²) in [4.78, 5) is 10.0. The van der Waals surface area contributed by atoms with Gasteiger partial charge >= 0.3 is 0 Å². The van der Waals surface area contributed by atoms with Gasteiger partial charge in [-0.1, -0.05) is 36.4 Å². The molecular weight excluding hydrogens is 446 g/mol. The van der Waals surface area contributed by atoms with E-state index in [1.165, 1.54) is 22.3 Å². The molecule has 0 radical (unpaired) electrons. The molecule has 7 heteroatoms. The number of nitrogens with one attached hydrogen (secondary N) is 3. The number of aromatic nitrogens is 3. The van der Waals surface area contributed by atoms with Gasteiger partial charge in [-0.15, -0.1) is 0 Å². The van der Waals surface area contributed by atoms with E-state index in [2.05, 4.69) is 75.7 Å². The molecule has 8 bridgehead atoms. The molecule has 2 aromatic heterocycles. The van der Waals surface area contributed by atoms with E-state index >= 15 is 0 Å². The number of hydrogen-bond acceptors (Lipinski definition) is 6. The van der Waals surface area contributed by atoms with Gasteiger partial charge in [0.15, 0.2) is 0 Å². The van der Waals surface area contributed by atoms with Crippen LogP contribution in [0.1, 0.15) is 34.1 Å². The van der Waals surface area contributed by atoms with Gasteiger partial charge in [-0.3, -0.25) is 20.0 Å². The van der Waals surface area contributed by atoms with Crippen LogP contribution in [0.15, 0.2) is 77.7 Å². The Morgan fingerprint density at radius 2 is 1.89 bits per heavy atom. The number of rotatable bonds is 0. The van der Waals surface area contributed by atoms with Crippen molar-refractivity contribution in [2.75, 3.05) is 5.32 Å². The Hall–Kier alpha value is -4.07. The molecule has 4 aromatic rings. The second kappa shape index (κ2) is 7.46. The summed E-state index contributed by atoms with van der Waals surface area (Å²) in [5, 5.41) is 15.4. The summed E-state index contributed by atoms with van der Waals surface area (Å²) in [5.74, 6) is 0. The molecule has 1 fully saturated rings. The van der Waals surface area contributed by atoms with Crippen LogP contribution in [0, 0.1) is 0 Å². The van der Waals surface area contributed by atoms with Crippen LogP contribution in [0.4, 0.5) is 5.69 Å². The predicted octanol–water partition coefficient (Wildman–Crippen LogP) is 4.08. The van der Waals surface area contributed by atoms with Crippen molar-refractivity contribution in [3.8, 4) is 22.3 Å². The van der Waals surface area contributed by atoms with Crippen molar-refractivity contribution in [3.05, 3.63) is 101 Å². The molecule has 0 saturated carbocycles. The summed E-state index contributed by atoms with van der Waals surface area (Å²) in [7, 11) is 2.00. The van der Waals surface area contributed by atoms with Gasteiger partial charge in [0.05, 0.1) is 35.0 Å². The van der Waals surface area contributed by atoms with Crippen LogP contribution in [0.2, 0.25) is 0 Å². The quantitative estimate of drug-likeness (QED) is 0.337. The van der Waals surface area contributed by atoms with Crippen molar-refractivity contribution >= 4 is 11.4 Å². The Morgan fingerprint density at radius 1 is 0.944 bits per heavy atom. The van der Waals surface area contributed by atoms with Gasteiger partial charge < -0.3 is 10.6 Å². The third-order valence-corrected chi connectivity index (χ3v) is 7.74. The first-order valence-electron chi connectivity index (χ1n) is 12.5. The summed E-state index contributed by atoms with van der Waals surface area (Å²) in [6, 6.07) is 17.8. The highest BCUT2D eigenvalue weighted by Gasteiger charge is 2.45. The Kier molecular flexibility index (Phi) is 4.18. The molecule has 176 valence electrons. The fraction of sp³-hybridized carbons (Fsp3) is 0.207. The standard InChI is InChI=1S/C29H25N7/c1-36-25-15-30-12-16-4-2-5-17(10-16)19-6-3-7-23-20(19)8-9-24(33-23)26-21-11-18(22(25)14-32-36)13-31-27(21)28-29(34-26)35-28/h2-7,9-11,13-14,28-30,33,35H,8,12,15H2,1H3. The molecule has 0 amide bonds. The average Bonchev–Trinajstić information content (AvgIpc) is 3.62. The summed E-state index contributed by atoms with van der Waals surface area (Å²) in [5.41, 5.74) is 13.8. The van der Waals surface area contributed by atoms with Crippen LogP contribution in [0.5, 0.6) is 0 Å². The largest absolute Gasteiger partial charge is 0.354 e. The molecule has 7 heterocycles. The zero-order valence-corrected chi connectivity index (χ0v) is 19.9. The molecule has 2 atom stereocenters. The van der Waals surface area contributed by atoms with Gasteiger partial charge in [0, 0.05) is 48.7 Å². The van der Waals surface area contributed by atoms with Crippen molar-refractivity contribution in [2.45, 2.75) is 31.7 Å². The number of pyridine rings is 1. The second-order valence-electron chi connectivity index (χ2n) is 9.93. The van der Waals surface area contributed by atoms with E-state index in [-0.39, 0.29) is 12.2 Å². The molecule has 1 saturated heterocycles. The molecule has 2 unspecified atom stereocenters. The number of anilines is 1. The molecule has 0 aliphatic carbocycles. The van der Waals surface area contributed by atoms with E-state index in [4.69, 9.17) is 9.98 Å². The van der Waals surface area contributed by atoms with Crippen LogP contribution in [0.3, 0.4) is 0 Å². The monoisotopic (exact) mass is 471 g/mol. The summed E-state index contributed by atoms with van der Waals surface area (Å²) in [6.45, 7) is 1.50. The predicted molar refractivity (Wildman–Crippen MR) is 140 cm³/mol. The Bertz CT molecular complexity index is 1630. The van der Waals surface area contributed by atoms with E-state index in [1.807, 2.05) is 24.1 Å². The maximum absolute atomic E-state index is 5.08. The smallest absolute Gasteiger partial charge is 0.122 e. The first-order valence-corrected chi connectivity index (χ1v) is 12.5. The number of allylic oxidation sites excluding steroid dienone is 2. The highest BCUT2D eigenvalue weighted by atomic mass is 15.3. The first-order chi connectivity index (χ1) is 17.7. The third kappa shape index (κ3) is 3.03. The topological polar surface area (TPSA) is 89.1 Å². The summed E-state index contributed by atoms with van der Waals surface area (Å²) in [6.07, 6.45) is 7.18. The molecule has 5 aliphatic rings. The van der Waals surface area contributed by atoms with E-state index in [0.717, 1.165) is 58.1 Å². The maximum atomic E-state index is 5.08. The van der Waals surface area contributed by atoms with Gasteiger partial charge in [-0.25, -0.2) is 0 Å². The molecule has 0 spiro atoms.